The summed E-state index contributed by atoms with van der Waals surface area (Å²) >= 11 is 0. The van der Waals surface area contributed by atoms with E-state index in [0.29, 0.717) is 11.4 Å². The van der Waals surface area contributed by atoms with Crippen molar-refractivity contribution < 1.29 is 27.2 Å². The maximum absolute atomic E-state index is 13.6. The molecule has 1 aromatic rings. The van der Waals surface area contributed by atoms with Gasteiger partial charge in [0.2, 0.25) is 0 Å². The fraction of sp³-hybridized carbons (Fsp3) is 0.700. The number of hydrogen-bond acceptors (Lipinski definition) is 3. The highest BCUT2D eigenvalue weighted by atomic mass is 19.4. The van der Waals surface area contributed by atoms with Gasteiger partial charge < -0.3 is 14.0 Å². The highest BCUT2D eigenvalue weighted by Gasteiger charge is 2.52. The molecule has 1 aromatic carbocycles. The van der Waals surface area contributed by atoms with E-state index >= 15 is 0 Å². The number of benzene rings is 1. The standard InChI is InChI=1S/C20H30BF3O3/c1-13(2)10-14(3)12-25-17-9-8-15(11-16(17)20(22,23)24)21-26-18(4,5)19(6,7)27-21/h8-9,11,13-14H,10,12H2,1-7H3. The molecule has 2 rings (SSSR count). The van der Waals surface area contributed by atoms with Gasteiger partial charge in [0.25, 0.3) is 0 Å². The summed E-state index contributed by atoms with van der Waals surface area (Å²) in [7, 11) is -0.843. The van der Waals surface area contributed by atoms with Crippen LogP contribution in [0.1, 0.15) is 60.5 Å². The minimum absolute atomic E-state index is 0.154. The van der Waals surface area contributed by atoms with Gasteiger partial charge in [-0.15, -0.1) is 0 Å². The largest absolute Gasteiger partial charge is 0.494 e. The van der Waals surface area contributed by atoms with Gasteiger partial charge in [-0.05, 0) is 63.5 Å². The van der Waals surface area contributed by atoms with Gasteiger partial charge in [-0.1, -0.05) is 26.8 Å². The van der Waals surface area contributed by atoms with Crippen LogP contribution in [0.3, 0.4) is 0 Å². The number of halogens is 3. The molecular weight excluding hydrogens is 356 g/mol. The van der Waals surface area contributed by atoms with Crippen molar-refractivity contribution in [2.45, 2.75) is 72.3 Å². The Bertz CT molecular complexity index is 640. The molecule has 0 amide bonds. The summed E-state index contributed by atoms with van der Waals surface area (Å²) < 4.78 is 58.0. The Hall–Kier alpha value is -1.21. The zero-order valence-electron chi connectivity index (χ0n) is 17.2. The maximum Gasteiger partial charge on any atom is 0.494 e. The first kappa shape index (κ1) is 22.1. The second-order valence-corrected chi connectivity index (χ2v) is 8.89. The third-order valence-electron chi connectivity index (χ3n) is 5.23. The quantitative estimate of drug-likeness (QED) is 0.640. The lowest BCUT2D eigenvalue weighted by molar-refractivity contribution is -0.139. The van der Waals surface area contributed by atoms with Gasteiger partial charge in [0, 0.05) is 0 Å². The van der Waals surface area contributed by atoms with Gasteiger partial charge in [0.05, 0.1) is 23.4 Å². The molecule has 1 aliphatic rings. The summed E-state index contributed by atoms with van der Waals surface area (Å²) in [4.78, 5) is 0. The molecule has 1 heterocycles. The fourth-order valence-corrected chi connectivity index (χ4v) is 3.13. The van der Waals surface area contributed by atoms with Gasteiger partial charge >= 0.3 is 13.3 Å². The lowest BCUT2D eigenvalue weighted by Gasteiger charge is -2.32. The zero-order valence-corrected chi connectivity index (χ0v) is 17.2. The van der Waals surface area contributed by atoms with E-state index in [2.05, 4.69) is 13.8 Å². The second kappa shape index (κ2) is 7.67. The molecule has 1 aliphatic heterocycles. The molecule has 0 N–H and O–H groups in total. The summed E-state index contributed by atoms with van der Waals surface area (Å²) in [5, 5.41) is 0. The number of hydrogen-bond donors (Lipinski definition) is 0. The Morgan fingerprint density at radius 1 is 1.04 bits per heavy atom. The summed E-state index contributed by atoms with van der Waals surface area (Å²) in [5.74, 6) is 0.490. The summed E-state index contributed by atoms with van der Waals surface area (Å²) in [6.07, 6.45) is -3.62. The van der Waals surface area contributed by atoms with E-state index < -0.39 is 30.1 Å². The van der Waals surface area contributed by atoms with Crippen LogP contribution in [0.2, 0.25) is 0 Å². The van der Waals surface area contributed by atoms with Crippen molar-refractivity contribution in [1.29, 1.82) is 0 Å². The van der Waals surface area contributed by atoms with Crippen LogP contribution in [0, 0.1) is 11.8 Å². The average Bonchev–Trinajstić information content (AvgIpc) is 2.71. The van der Waals surface area contributed by atoms with Crippen molar-refractivity contribution in [2.75, 3.05) is 6.61 Å². The Kier molecular flexibility index (Phi) is 6.27. The third-order valence-corrected chi connectivity index (χ3v) is 5.23. The number of alkyl halides is 3. The Morgan fingerprint density at radius 3 is 2.07 bits per heavy atom. The van der Waals surface area contributed by atoms with Crippen molar-refractivity contribution in [3.8, 4) is 5.75 Å². The molecule has 0 aliphatic carbocycles. The van der Waals surface area contributed by atoms with Crippen molar-refractivity contribution in [2.24, 2.45) is 11.8 Å². The van der Waals surface area contributed by atoms with E-state index in [1.54, 1.807) is 6.07 Å². The molecule has 0 spiro atoms. The van der Waals surface area contributed by atoms with E-state index in [0.717, 1.165) is 12.5 Å². The molecular formula is C20H30BF3O3. The fourth-order valence-electron chi connectivity index (χ4n) is 3.13. The molecule has 1 atom stereocenters. The highest BCUT2D eigenvalue weighted by Crippen LogP contribution is 2.39. The SMILES string of the molecule is CC(C)CC(C)COc1ccc(B2OC(C)(C)C(C)(C)O2)cc1C(F)(F)F. The maximum atomic E-state index is 13.6. The lowest BCUT2D eigenvalue weighted by atomic mass is 9.78. The minimum atomic E-state index is -4.52. The number of ether oxygens (including phenoxy) is 1. The zero-order chi connectivity index (χ0) is 20.6. The monoisotopic (exact) mass is 386 g/mol. The molecule has 3 nitrogen and oxygen atoms in total. The molecule has 0 bridgehead atoms. The molecule has 1 unspecified atom stereocenters. The highest BCUT2D eigenvalue weighted by molar-refractivity contribution is 6.62. The molecule has 0 radical (unpaired) electrons. The topological polar surface area (TPSA) is 27.7 Å². The van der Waals surface area contributed by atoms with Crippen LogP contribution in [0.5, 0.6) is 5.75 Å². The predicted molar refractivity (Wildman–Crippen MR) is 101 cm³/mol. The normalized spacial score (nSPS) is 20.2. The molecule has 152 valence electrons. The second-order valence-electron chi connectivity index (χ2n) is 8.89. The van der Waals surface area contributed by atoms with E-state index in [1.807, 2.05) is 34.6 Å². The van der Waals surface area contributed by atoms with Gasteiger partial charge in [-0.25, -0.2) is 0 Å². The molecule has 1 saturated heterocycles. The van der Waals surface area contributed by atoms with E-state index in [1.165, 1.54) is 6.07 Å². The summed E-state index contributed by atoms with van der Waals surface area (Å²) in [6.45, 7) is 13.9. The number of rotatable bonds is 6. The van der Waals surface area contributed by atoms with Crippen LogP contribution in [-0.2, 0) is 15.5 Å². The minimum Gasteiger partial charge on any atom is -0.493 e. The van der Waals surface area contributed by atoms with E-state index in [9.17, 15) is 13.2 Å². The van der Waals surface area contributed by atoms with Gasteiger partial charge in [0.1, 0.15) is 5.75 Å². The Morgan fingerprint density at radius 2 is 1.59 bits per heavy atom. The Balaban J connectivity index is 2.24. The molecule has 1 fully saturated rings. The van der Waals surface area contributed by atoms with Crippen molar-refractivity contribution in [3.05, 3.63) is 23.8 Å². The van der Waals surface area contributed by atoms with Crippen molar-refractivity contribution in [1.82, 2.24) is 0 Å². The predicted octanol–water partition coefficient (Wildman–Crippen LogP) is 5.07. The average molecular weight is 386 g/mol. The van der Waals surface area contributed by atoms with Gasteiger partial charge in [-0.3, -0.25) is 0 Å². The van der Waals surface area contributed by atoms with Crippen LogP contribution in [-0.4, -0.2) is 24.9 Å². The van der Waals surface area contributed by atoms with Crippen molar-refractivity contribution in [3.63, 3.8) is 0 Å². The first-order chi connectivity index (χ1) is 12.2. The molecule has 27 heavy (non-hydrogen) atoms. The van der Waals surface area contributed by atoms with E-state index in [-0.39, 0.29) is 18.3 Å². The van der Waals surface area contributed by atoms with Crippen LogP contribution in [0.15, 0.2) is 18.2 Å². The third kappa shape index (κ3) is 5.20. The summed E-state index contributed by atoms with van der Waals surface area (Å²) in [5.41, 5.74) is -1.69. The van der Waals surface area contributed by atoms with Crippen LogP contribution >= 0.6 is 0 Å². The molecule has 0 aromatic heterocycles. The van der Waals surface area contributed by atoms with Crippen LogP contribution < -0.4 is 10.2 Å². The smallest absolute Gasteiger partial charge is 0.493 e. The lowest BCUT2D eigenvalue weighted by Crippen LogP contribution is -2.41. The first-order valence-corrected chi connectivity index (χ1v) is 9.42. The molecule has 7 heteroatoms. The molecule has 0 saturated carbocycles. The Labute approximate surface area is 160 Å². The van der Waals surface area contributed by atoms with E-state index in [4.69, 9.17) is 14.0 Å². The van der Waals surface area contributed by atoms with Crippen molar-refractivity contribution >= 4 is 12.6 Å². The van der Waals surface area contributed by atoms with Crippen LogP contribution in [0.4, 0.5) is 13.2 Å². The van der Waals surface area contributed by atoms with Gasteiger partial charge in [-0.2, -0.15) is 13.2 Å². The summed E-state index contributed by atoms with van der Waals surface area (Å²) in [6, 6.07) is 4.02. The first-order valence-electron chi connectivity index (χ1n) is 9.42. The van der Waals surface area contributed by atoms with Gasteiger partial charge in [0.15, 0.2) is 0 Å². The van der Waals surface area contributed by atoms with Crippen LogP contribution in [0.25, 0.3) is 0 Å².